The molecule has 0 atom stereocenters. The topological polar surface area (TPSA) is 58.6 Å². The van der Waals surface area contributed by atoms with Crippen molar-refractivity contribution in [3.63, 3.8) is 0 Å². The Bertz CT molecular complexity index is 700. The van der Waals surface area contributed by atoms with E-state index in [1.165, 1.54) is 51.6 Å². The molecule has 3 saturated heterocycles. The van der Waals surface area contributed by atoms with Crippen LogP contribution in [0.3, 0.4) is 0 Å². The fourth-order valence-corrected chi connectivity index (χ4v) is 5.52. The first-order valence-corrected chi connectivity index (χ1v) is 11.3. The molecule has 1 aromatic carbocycles. The molecule has 1 saturated carbocycles. The Hall–Kier alpha value is -1.88. The number of piperidine rings is 3. The molecule has 5 heteroatoms. The number of carbonyl (C=O) groups is 2. The Labute approximate surface area is 174 Å². The second kappa shape index (κ2) is 8.86. The highest BCUT2D eigenvalue weighted by atomic mass is 16.5. The van der Waals surface area contributed by atoms with Crippen molar-refractivity contribution >= 4 is 11.9 Å². The van der Waals surface area contributed by atoms with E-state index >= 15 is 0 Å². The van der Waals surface area contributed by atoms with Crippen molar-refractivity contribution in [1.29, 1.82) is 0 Å². The van der Waals surface area contributed by atoms with Gasteiger partial charge in [-0.2, -0.15) is 0 Å². The van der Waals surface area contributed by atoms with Gasteiger partial charge >= 0.3 is 5.97 Å². The molecule has 0 spiro atoms. The number of methoxy groups -OCH3 is 1. The molecule has 3 heterocycles. The Morgan fingerprint density at radius 2 is 1.66 bits per heavy atom. The van der Waals surface area contributed by atoms with E-state index in [-0.39, 0.29) is 17.9 Å². The predicted molar refractivity (Wildman–Crippen MR) is 113 cm³/mol. The minimum atomic E-state index is -0.123. The zero-order valence-corrected chi connectivity index (χ0v) is 17.6. The molecule has 1 aliphatic carbocycles. The highest BCUT2D eigenvalue weighted by Crippen LogP contribution is 2.42. The Kier molecular flexibility index (Phi) is 6.23. The smallest absolute Gasteiger partial charge is 0.305 e. The molecule has 29 heavy (non-hydrogen) atoms. The maximum Gasteiger partial charge on any atom is 0.305 e. The Morgan fingerprint density at radius 1 is 1.03 bits per heavy atom. The van der Waals surface area contributed by atoms with Gasteiger partial charge in [0.2, 0.25) is 0 Å². The molecule has 1 amide bonds. The lowest BCUT2D eigenvalue weighted by atomic mass is 9.67. The first kappa shape index (κ1) is 20.4. The van der Waals surface area contributed by atoms with Crippen LogP contribution in [0.1, 0.15) is 73.7 Å². The number of carbonyl (C=O) groups excluding carboxylic acids is 2. The summed E-state index contributed by atoms with van der Waals surface area (Å²) in [6.07, 6.45) is 9.27. The number of rotatable bonds is 6. The molecule has 0 unspecified atom stereocenters. The number of hydrogen-bond donors (Lipinski definition) is 1. The minimum absolute atomic E-state index is 0.0468. The SMILES string of the molecule is COC(=O)CCC1CCC(NC(=O)c2ccc(C34CCN(CC3)CC4)cc2)CC1. The fraction of sp³-hybridized carbons (Fsp3) is 0.667. The van der Waals surface area contributed by atoms with Crippen LogP contribution >= 0.6 is 0 Å². The zero-order chi connectivity index (χ0) is 20.3. The largest absolute Gasteiger partial charge is 0.469 e. The van der Waals surface area contributed by atoms with Gasteiger partial charge in [0.1, 0.15) is 0 Å². The summed E-state index contributed by atoms with van der Waals surface area (Å²) in [5, 5.41) is 3.22. The van der Waals surface area contributed by atoms with E-state index in [2.05, 4.69) is 22.3 Å². The normalized spacial score (nSPS) is 31.3. The van der Waals surface area contributed by atoms with Gasteiger partial charge in [0.15, 0.2) is 0 Å². The van der Waals surface area contributed by atoms with E-state index in [4.69, 9.17) is 4.74 Å². The van der Waals surface area contributed by atoms with Crippen LogP contribution < -0.4 is 5.32 Å². The maximum atomic E-state index is 12.7. The average Bonchev–Trinajstić information content (AvgIpc) is 2.79. The molecular weight excluding hydrogens is 364 g/mol. The highest BCUT2D eigenvalue weighted by molar-refractivity contribution is 5.94. The van der Waals surface area contributed by atoms with Crippen LogP contribution in [-0.2, 0) is 14.9 Å². The summed E-state index contributed by atoms with van der Waals surface area (Å²) in [6.45, 7) is 3.64. The van der Waals surface area contributed by atoms with Gasteiger partial charge in [0.05, 0.1) is 7.11 Å². The van der Waals surface area contributed by atoms with Crippen molar-refractivity contribution in [3.05, 3.63) is 35.4 Å². The van der Waals surface area contributed by atoms with Gasteiger partial charge in [-0.3, -0.25) is 9.59 Å². The van der Waals surface area contributed by atoms with Crippen LogP contribution in [0.4, 0.5) is 0 Å². The van der Waals surface area contributed by atoms with Gasteiger partial charge in [0, 0.05) is 18.0 Å². The quantitative estimate of drug-likeness (QED) is 0.743. The lowest BCUT2D eigenvalue weighted by molar-refractivity contribution is -0.141. The molecule has 5 rings (SSSR count). The van der Waals surface area contributed by atoms with Crippen molar-refractivity contribution in [2.24, 2.45) is 5.92 Å². The molecule has 1 N–H and O–H groups in total. The highest BCUT2D eigenvalue weighted by Gasteiger charge is 2.40. The van der Waals surface area contributed by atoms with Gasteiger partial charge in [-0.1, -0.05) is 12.1 Å². The summed E-state index contributed by atoms with van der Waals surface area (Å²) < 4.78 is 4.73. The number of ether oxygens (including phenoxy) is 1. The summed E-state index contributed by atoms with van der Waals surface area (Å²) in [6, 6.07) is 8.67. The second-order valence-corrected chi connectivity index (χ2v) is 9.26. The van der Waals surface area contributed by atoms with E-state index in [1.54, 1.807) is 0 Å². The van der Waals surface area contributed by atoms with E-state index in [9.17, 15) is 9.59 Å². The van der Waals surface area contributed by atoms with Crippen molar-refractivity contribution < 1.29 is 14.3 Å². The average molecular weight is 399 g/mol. The number of amides is 1. The maximum absolute atomic E-state index is 12.7. The van der Waals surface area contributed by atoms with Crippen LogP contribution in [-0.4, -0.2) is 49.6 Å². The fourth-order valence-electron chi connectivity index (χ4n) is 5.52. The molecule has 3 aliphatic heterocycles. The predicted octanol–water partition coefficient (Wildman–Crippen LogP) is 3.67. The van der Waals surface area contributed by atoms with Gasteiger partial charge in [0.25, 0.3) is 5.91 Å². The number of benzene rings is 1. The number of hydrogen-bond acceptors (Lipinski definition) is 4. The Balaban J connectivity index is 1.27. The summed E-state index contributed by atoms with van der Waals surface area (Å²) in [5.41, 5.74) is 2.53. The van der Waals surface area contributed by atoms with Crippen molar-refractivity contribution in [2.45, 2.75) is 69.2 Å². The molecule has 1 aromatic rings. The van der Waals surface area contributed by atoms with Crippen LogP contribution in [0.5, 0.6) is 0 Å². The third-order valence-corrected chi connectivity index (χ3v) is 7.65. The molecule has 0 aromatic heterocycles. The number of nitrogens with zero attached hydrogens (tertiary/aromatic N) is 1. The number of nitrogens with one attached hydrogen (secondary N) is 1. The third kappa shape index (κ3) is 4.66. The van der Waals surface area contributed by atoms with Gasteiger partial charge < -0.3 is 15.0 Å². The summed E-state index contributed by atoms with van der Waals surface area (Å²) >= 11 is 0. The molecule has 0 radical (unpaired) electrons. The van der Waals surface area contributed by atoms with E-state index in [1.807, 2.05) is 12.1 Å². The molecule has 5 nitrogen and oxygen atoms in total. The van der Waals surface area contributed by atoms with E-state index in [0.29, 0.717) is 17.8 Å². The molecule has 4 fully saturated rings. The number of esters is 1. The van der Waals surface area contributed by atoms with Crippen molar-refractivity contribution in [2.75, 3.05) is 26.7 Å². The summed E-state index contributed by atoms with van der Waals surface area (Å²) in [7, 11) is 1.44. The third-order valence-electron chi connectivity index (χ3n) is 7.65. The van der Waals surface area contributed by atoms with E-state index < -0.39 is 0 Å². The van der Waals surface area contributed by atoms with Crippen molar-refractivity contribution in [1.82, 2.24) is 10.2 Å². The van der Waals surface area contributed by atoms with Gasteiger partial charge in [-0.25, -0.2) is 0 Å². The van der Waals surface area contributed by atoms with Crippen LogP contribution in [0, 0.1) is 5.92 Å². The first-order valence-electron chi connectivity index (χ1n) is 11.3. The van der Waals surface area contributed by atoms with Crippen LogP contribution in [0.2, 0.25) is 0 Å². The van der Waals surface area contributed by atoms with Crippen LogP contribution in [0.25, 0.3) is 0 Å². The first-order chi connectivity index (χ1) is 14.1. The molecule has 158 valence electrons. The summed E-state index contributed by atoms with van der Waals surface area (Å²) in [5.74, 6) is 0.496. The van der Waals surface area contributed by atoms with Crippen molar-refractivity contribution in [3.8, 4) is 0 Å². The minimum Gasteiger partial charge on any atom is -0.469 e. The van der Waals surface area contributed by atoms with Gasteiger partial charge in [-0.15, -0.1) is 0 Å². The monoisotopic (exact) mass is 398 g/mol. The molecule has 2 bridgehead atoms. The Morgan fingerprint density at radius 3 is 2.24 bits per heavy atom. The van der Waals surface area contributed by atoms with Gasteiger partial charge in [-0.05, 0) is 100 Å². The standard InChI is InChI=1S/C24H34N2O3/c1-29-22(27)11-4-18-2-9-21(10-3-18)25-23(28)19-5-7-20(8-6-19)24-12-15-26(16-13-24)17-14-24/h5-8,18,21H,2-4,9-17H2,1H3,(H,25,28). The van der Waals surface area contributed by atoms with E-state index in [0.717, 1.165) is 37.7 Å². The van der Waals surface area contributed by atoms with Crippen LogP contribution in [0.15, 0.2) is 24.3 Å². The lowest BCUT2D eigenvalue weighted by Crippen LogP contribution is -2.50. The lowest BCUT2D eigenvalue weighted by Gasteiger charge is -2.48. The molecule has 4 aliphatic rings. The second-order valence-electron chi connectivity index (χ2n) is 9.26. The number of fused-ring (bicyclic) bond motifs is 3. The zero-order valence-electron chi connectivity index (χ0n) is 17.6. The summed E-state index contributed by atoms with van der Waals surface area (Å²) in [4.78, 5) is 26.6. The molecular formula is C24H34N2O3.